The lowest BCUT2D eigenvalue weighted by Gasteiger charge is -2.27. The summed E-state index contributed by atoms with van der Waals surface area (Å²) in [6, 6.07) is 0.329. The van der Waals surface area contributed by atoms with E-state index in [-0.39, 0.29) is 6.54 Å². The maximum absolute atomic E-state index is 12.8. The number of nitrogens with zero attached hydrogens (tertiary/aromatic N) is 2. The van der Waals surface area contributed by atoms with E-state index in [2.05, 4.69) is 11.8 Å². The molecule has 1 fully saturated rings. The Morgan fingerprint density at radius 3 is 2.86 bits per heavy atom. The van der Waals surface area contributed by atoms with Crippen molar-refractivity contribution in [3.8, 4) is 0 Å². The molecular formula is C14H25N3O2S2. The molecule has 0 aromatic carbocycles. The van der Waals surface area contributed by atoms with Gasteiger partial charge in [-0.25, -0.2) is 8.42 Å². The van der Waals surface area contributed by atoms with Crippen LogP contribution in [0.2, 0.25) is 0 Å². The average Bonchev–Trinajstić information content (AvgIpc) is 3.04. The van der Waals surface area contributed by atoms with Crippen molar-refractivity contribution in [3.05, 3.63) is 15.8 Å². The van der Waals surface area contributed by atoms with Gasteiger partial charge in [0.15, 0.2) is 0 Å². The monoisotopic (exact) mass is 331 g/mol. The number of likely N-dealkylation sites (tertiary alicyclic amines) is 1. The highest BCUT2D eigenvalue weighted by atomic mass is 32.2. The van der Waals surface area contributed by atoms with Crippen molar-refractivity contribution >= 4 is 21.4 Å². The van der Waals surface area contributed by atoms with E-state index < -0.39 is 10.0 Å². The Morgan fingerprint density at radius 1 is 1.52 bits per heavy atom. The summed E-state index contributed by atoms with van der Waals surface area (Å²) in [7, 11) is -1.77. The topological polar surface area (TPSA) is 66.6 Å². The summed E-state index contributed by atoms with van der Waals surface area (Å²) < 4.78 is 27.2. The third-order valence-corrected chi connectivity index (χ3v) is 7.53. The lowest BCUT2D eigenvalue weighted by atomic mass is 10.2. The van der Waals surface area contributed by atoms with Gasteiger partial charge in [0.2, 0.25) is 10.0 Å². The maximum atomic E-state index is 12.8. The molecule has 120 valence electrons. The van der Waals surface area contributed by atoms with Crippen molar-refractivity contribution in [2.24, 2.45) is 5.73 Å². The van der Waals surface area contributed by atoms with Gasteiger partial charge in [-0.1, -0.05) is 6.92 Å². The summed E-state index contributed by atoms with van der Waals surface area (Å²) in [5.41, 5.74) is 6.48. The lowest BCUT2D eigenvalue weighted by Crippen LogP contribution is -2.41. The highest BCUT2D eigenvalue weighted by molar-refractivity contribution is 7.89. The molecule has 2 N–H and O–H groups in total. The fraction of sp³-hybridized carbons (Fsp3) is 0.714. The number of likely N-dealkylation sites (N-methyl/N-ethyl adjacent to an activating group) is 2. The van der Waals surface area contributed by atoms with Gasteiger partial charge in [-0.15, -0.1) is 11.3 Å². The second kappa shape index (κ2) is 6.75. The van der Waals surface area contributed by atoms with Gasteiger partial charge in [0, 0.05) is 31.1 Å². The largest absolute Gasteiger partial charge is 0.326 e. The smallest absolute Gasteiger partial charge is 0.244 e. The van der Waals surface area contributed by atoms with Gasteiger partial charge < -0.3 is 5.73 Å². The van der Waals surface area contributed by atoms with Gasteiger partial charge in [0.25, 0.3) is 0 Å². The van der Waals surface area contributed by atoms with Crippen molar-refractivity contribution in [2.45, 2.75) is 44.2 Å². The fourth-order valence-corrected chi connectivity index (χ4v) is 5.90. The molecule has 1 unspecified atom stereocenters. The molecule has 0 saturated carbocycles. The molecule has 1 aromatic rings. The number of rotatable bonds is 6. The van der Waals surface area contributed by atoms with Crippen molar-refractivity contribution in [3.63, 3.8) is 0 Å². The van der Waals surface area contributed by atoms with Crippen LogP contribution >= 0.6 is 11.3 Å². The first kappa shape index (κ1) is 16.9. The highest BCUT2D eigenvalue weighted by Crippen LogP contribution is 2.29. The molecule has 1 saturated heterocycles. The Bertz CT molecular complexity index is 583. The molecule has 2 heterocycles. The first-order chi connectivity index (χ1) is 9.91. The minimum absolute atomic E-state index is 0.269. The molecule has 0 radical (unpaired) electrons. The van der Waals surface area contributed by atoms with Gasteiger partial charge >= 0.3 is 0 Å². The van der Waals surface area contributed by atoms with Crippen LogP contribution in [0.25, 0.3) is 0 Å². The zero-order chi connectivity index (χ0) is 15.6. The van der Waals surface area contributed by atoms with Crippen LogP contribution in [0, 0.1) is 6.92 Å². The first-order valence-electron chi connectivity index (χ1n) is 7.39. The van der Waals surface area contributed by atoms with Crippen LogP contribution in [0.5, 0.6) is 0 Å². The summed E-state index contributed by atoms with van der Waals surface area (Å²) in [4.78, 5) is 3.52. The molecule has 2 rings (SSSR count). The van der Waals surface area contributed by atoms with E-state index in [1.165, 1.54) is 15.6 Å². The maximum Gasteiger partial charge on any atom is 0.244 e. The Balaban J connectivity index is 2.21. The molecule has 1 aliphatic rings. The number of thiophene rings is 1. The van der Waals surface area contributed by atoms with E-state index >= 15 is 0 Å². The molecular weight excluding hydrogens is 306 g/mol. The number of sulfonamides is 1. The molecule has 0 amide bonds. The molecule has 1 atom stereocenters. The summed E-state index contributed by atoms with van der Waals surface area (Å²) in [5, 5.41) is 1.87. The standard InChI is InChI=1S/C14H25N3O2S2/c1-4-17-7-5-6-12(17)9-16(3)21(18,19)14-11(2)10-20-13(14)8-15/h10,12H,4-9,15H2,1-3H3. The average molecular weight is 332 g/mol. The molecule has 21 heavy (non-hydrogen) atoms. The SMILES string of the molecule is CCN1CCCC1CN(C)S(=O)(=O)c1c(C)csc1CN. The molecule has 1 aromatic heterocycles. The molecule has 0 bridgehead atoms. The quantitative estimate of drug-likeness (QED) is 0.860. The predicted molar refractivity (Wildman–Crippen MR) is 87.0 cm³/mol. The molecule has 7 heteroatoms. The van der Waals surface area contributed by atoms with E-state index in [0.717, 1.165) is 36.4 Å². The third kappa shape index (κ3) is 3.32. The third-order valence-electron chi connectivity index (χ3n) is 4.22. The fourth-order valence-electron chi connectivity index (χ4n) is 3.04. The van der Waals surface area contributed by atoms with Gasteiger partial charge in [-0.05, 0) is 43.8 Å². The van der Waals surface area contributed by atoms with Gasteiger partial charge in [0.1, 0.15) is 4.90 Å². The normalized spacial score (nSPS) is 20.5. The van der Waals surface area contributed by atoms with E-state index in [1.807, 2.05) is 12.3 Å². The number of hydrogen-bond acceptors (Lipinski definition) is 5. The van der Waals surface area contributed by atoms with Crippen LogP contribution in [0.3, 0.4) is 0 Å². The van der Waals surface area contributed by atoms with Crippen LogP contribution in [0.15, 0.2) is 10.3 Å². The van der Waals surface area contributed by atoms with E-state index in [1.54, 1.807) is 7.05 Å². The van der Waals surface area contributed by atoms with E-state index in [0.29, 0.717) is 17.5 Å². The molecule has 0 aliphatic carbocycles. The zero-order valence-electron chi connectivity index (χ0n) is 13.0. The van der Waals surface area contributed by atoms with Gasteiger partial charge in [-0.3, -0.25) is 4.90 Å². The highest BCUT2D eigenvalue weighted by Gasteiger charge is 2.31. The van der Waals surface area contributed by atoms with Crippen molar-refractivity contribution in [1.29, 1.82) is 0 Å². The van der Waals surface area contributed by atoms with Gasteiger partial charge in [-0.2, -0.15) is 4.31 Å². The van der Waals surface area contributed by atoms with Gasteiger partial charge in [0.05, 0.1) is 0 Å². The first-order valence-corrected chi connectivity index (χ1v) is 9.71. The molecule has 5 nitrogen and oxygen atoms in total. The molecule has 0 spiro atoms. The Kier molecular flexibility index (Phi) is 5.43. The van der Waals surface area contributed by atoms with Crippen LogP contribution in [-0.2, 0) is 16.6 Å². The summed E-state index contributed by atoms with van der Waals surface area (Å²) in [6.07, 6.45) is 2.22. The Hall–Kier alpha value is -0.470. The number of hydrogen-bond donors (Lipinski definition) is 1. The molecule has 1 aliphatic heterocycles. The van der Waals surface area contributed by atoms with Crippen LogP contribution in [0.4, 0.5) is 0 Å². The minimum Gasteiger partial charge on any atom is -0.326 e. The van der Waals surface area contributed by atoms with Crippen LogP contribution in [0.1, 0.15) is 30.2 Å². The predicted octanol–water partition coefficient (Wildman–Crippen LogP) is 1.62. The number of aryl methyl sites for hydroxylation is 1. The van der Waals surface area contributed by atoms with Crippen LogP contribution in [-0.4, -0.2) is 50.3 Å². The van der Waals surface area contributed by atoms with Crippen molar-refractivity contribution in [2.75, 3.05) is 26.7 Å². The van der Waals surface area contributed by atoms with Crippen molar-refractivity contribution < 1.29 is 8.42 Å². The summed E-state index contributed by atoms with van der Waals surface area (Å²) in [5.74, 6) is 0. The van der Waals surface area contributed by atoms with Crippen LogP contribution < -0.4 is 5.73 Å². The number of nitrogens with two attached hydrogens (primary N) is 1. The minimum atomic E-state index is -3.45. The lowest BCUT2D eigenvalue weighted by molar-refractivity contribution is 0.237. The second-order valence-electron chi connectivity index (χ2n) is 5.59. The zero-order valence-corrected chi connectivity index (χ0v) is 14.6. The Morgan fingerprint density at radius 2 is 2.24 bits per heavy atom. The summed E-state index contributed by atoms with van der Waals surface area (Å²) >= 11 is 1.43. The second-order valence-corrected chi connectivity index (χ2v) is 8.53. The van der Waals surface area contributed by atoms with E-state index in [4.69, 9.17) is 5.73 Å². The Labute approximate surface area is 131 Å². The van der Waals surface area contributed by atoms with E-state index in [9.17, 15) is 8.42 Å². The van der Waals surface area contributed by atoms with Crippen molar-refractivity contribution in [1.82, 2.24) is 9.21 Å². The summed E-state index contributed by atoms with van der Waals surface area (Å²) in [6.45, 7) is 6.83.